The smallest absolute Gasteiger partial charge is 0.180 e. The number of rotatable bonds is 2. The van der Waals surface area contributed by atoms with E-state index in [4.69, 9.17) is 9.15 Å². The maximum atomic E-state index is 11.9. The van der Waals surface area contributed by atoms with Crippen LogP contribution in [-0.2, 0) is 10.2 Å². The topological polar surface area (TPSA) is 42.6 Å². The zero-order valence-corrected chi connectivity index (χ0v) is 24.6. The van der Waals surface area contributed by atoms with Crippen molar-refractivity contribution in [2.24, 2.45) is 0 Å². The third kappa shape index (κ3) is 2.73. The van der Waals surface area contributed by atoms with Crippen molar-refractivity contribution >= 4 is 21.7 Å². The van der Waals surface area contributed by atoms with E-state index in [-0.39, 0.29) is 17.3 Å². The number of fused-ring (bicyclic) bond motifs is 14. The van der Waals surface area contributed by atoms with Gasteiger partial charge in [-0.05, 0) is 94.1 Å². The SMILES string of the molecule is COC1(O)C2c3ccc4c(c3-c3cc(C)c5c(C)cc(C)cc5c3C21)C(C)(C)c1c-4oc2ccc(C(C)C)cc12. The molecule has 0 bridgehead atoms. The summed E-state index contributed by atoms with van der Waals surface area (Å²) in [5, 5.41) is 15.6. The number of hydrogen-bond donors (Lipinski definition) is 1. The molecule has 3 unspecified atom stereocenters. The van der Waals surface area contributed by atoms with Crippen LogP contribution in [0.2, 0.25) is 0 Å². The monoisotopic (exact) mass is 528 g/mol. The fraction of sp³-hybridized carbons (Fsp3) is 0.351. The molecule has 8 rings (SSSR count). The maximum absolute atomic E-state index is 11.9. The number of hydrogen-bond acceptors (Lipinski definition) is 3. The molecule has 3 nitrogen and oxygen atoms in total. The van der Waals surface area contributed by atoms with Crippen molar-refractivity contribution in [2.45, 2.75) is 77.4 Å². The molecule has 0 aliphatic heterocycles. The lowest BCUT2D eigenvalue weighted by Gasteiger charge is -2.30. The first-order chi connectivity index (χ1) is 19.0. The number of furan rings is 1. The summed E-state index contributed by atoms with van der Waals surface area (Å²) in [6.07, 6.45) is 0. The summed E-state index contributed by atoms with van der Waals surface area (Å²) in [6, 6.07) is 18.1. The highest BCUT2D eigenvalue weighted by Gasteiger charge is 2.70. The fourth-order valence-corrected chi connectivity index (χ4v) is 8.55. The van der Waals surface area contributed by atoms with Crippen molar-refractivity contribution < 1.29 is 14.3 Å². The number of methoxy groups -OCH3 is 1. The first-order valence-corrected chi connectivity index (χ1v) is 14.6. The second kappa shape index (κ2) is 7.46. The lowest BCUT2D eigenvalue weighted by molar-refractivity contribution is -0.110. The van der Waals surface area contributed by atoms with E-state index in [0.717, 1.165) is 11.3 Å². The van der Waals surface area contributed by atoms with Gasteiger partial charge in [-0.1, -0.05) is 69.7 Å². The van der Waals surface area contributed by atoms with Gasteiger partial charge in [-0.15, -0.1) is 0 Å². The molecule has 3 atom stereocenters. The second-order valence-electron chi connectivity index (χ2n) is 13.4. The van der Waals surface area contributed by atoms with Crippen molar-refractivity contribution in [1.29, 1.82) is 0 Å². The number of ether oxygens (including phenoxy) is 1. The molecule has 3 aliphatic carbocycles. The van der Waals surface area contributed by atoms with E-state index >= 15 is 0 Å². The number of aliphatic hydroxyl groups is 1. The summed E-state index contributed by atoms with van der Waals surface area (Å²) < 4.78 is 12.5. The van der Waals surface area contributed by atoms with E-state index in [2.05, 4.69) is 97.0 Å². The number of benzene rings is 4. The minimum Gasteiger partial charge on any atom is -0.456 e. The molecule has 0 amide bonds. The molecule has 1 fully saturated rings. The first-order valence-electron chi connectivity index (χ1n) is 14.6. The van der Waals surface area contributed by atoms with Crippen LogP contribution in [0.1, 0.15) is 90.0 Å². The molecule has 202 valence electrons. The van der Waals surface area contributed by atoms with E-state index in [1.165, 1.54) is 77.4 Å². The van der Waals surface area contributed by atoms with E-state index in [9.17, 15) is 5.11 Å². The molecule has 1 heterocycles. The van der Waals surface area contributed by atoms with Crippen LogP contribution in [0, 0.1) is 20.8 Å². The van der Waals surface area contributed by atoms with Gasteiger partial charge >= 0.3 is 0 Å². The molecule has 1 aromatic heterocycles. The van der Waals surface area contributed by atoms with Gasteiger partial charge in [-0.2, -0.15) is 0 Å². The summed E-state index contributed by atoms with van der Waals surface area (Å²) in [5.74, 6) is 0.0520. The zero-order chi connectivity index (χ0) is 28.0. The summed E-state index contributed by atoms with van der Waals surface area (Å²) in [4.78, 5) is 0. The van der Waals surface area contributed by atoms with Crippen LogP contribution < -0.4 is 0 Å². The fourth-order valence-electron chi connectivity index (χ4n) is 8.55. The predicted octanol–water partition coefficient (Wildman–Crippen LogP) is 9.14. The quantitative estimate of drug-likeness (QED) is 0.232. The van der Waals surface area contributed by atoms with Crippen molar-refractivity contribution in [2.75, 3.05) is 7.11 Å². The Labute approximate surface area is 235 Å². The minimum absolute atomic E-state index is 0.0859. The van der Waals surface area contributed by atoms with Crippen LogP contribution in [0.25, 0.3) is 44.2 Å². The van der Waals surface area contributed by atoms with Gasteiger partial charge in [-0.3, -0.25) is 0 Å². The lowest BCUT2D eigenvalue weighted by atomic mass is 9.72. The average Bonchev–Trinajstić information content (AvgIpc) is 3.22. The van der Waals surface area contributed by atoms with Gasteiger partial charge in [0.05, 0.1) is 11.8 Å². The molecule has 4 aromatic carbocycles. The van der Waals surface area contributed by atoms with Gasteiger partial charge in [-0.25, -0.2) is 0 Å². The first kappa shape index (κ1) is 24.4. The van der Waals surface area contributed by atoms with Gasteiger partial charge in [0.25, 0.3) is 0 Å². The van der Waals surface area contributed by atoms with E-state index in [1.807, 2.05) is 0 Å². The Morgan fingerprint density at radius 3 is 2.33 bits per heavy atom. The van der Waals surface area contributed by atoms with Gasteiger partial charge in [0, 0.05) is 29.0 Å². The Bertz CT molecular complexity index is 1950. The molecule has 1 N–H and O–H groups in total. The molecule has 1 saturated carbocycles. The largest absolute Gasteiger partial charge is 0.456 e. The number of aryl methyl sites for hydroxylation is 3. The maximum Gasteiger partial charge on any atom is 0.180 e. The van der Waals surface area contributed by atoms with E-state index < -0.39 is 5.79 Å². The molecule has 3 heteroatoms. The van der Waals surface area contributed by atoms with E-state index in [0.29, 0.717) is 5.92 Å². The summed E-state index contributed by atoms with van der Waals surface area (Å²) in [5.41, 5.74) is 14.5. The Hall–Kier alpha value is -3.40. The Balaban J connectivity index is 1.49. The standard InChI is InChI=1S/C37H36O3/c1-17(2)21-9-12-27-24(16-21)33-35(40-27)23-11-10-22-29(31(23)36(33,6)7)26-15-20(5)28-19(4)13-18(3)14-25(28)30(26)34-32(22)37(34,38)39-8/h9-17,32,34,38H,1-8H3. The molecular weight excluding hydrogens is 492 g/mol. The van der Waals surface area contributed by atoms with Gasteiger partial charge < -0.3 is 14.3 Å². The average molecular weight is 529 g/mol. The van der Waals surface area contributed by atoms with Crippen molar-refractivity contribution in [3.05, 3.63) is 93.0 Å². The lowest BCUT2D eigenvalue weighted by Crippen LogP contribution is -2.18. The third-order valence-electron chi connectivity index (χ3n) is 10.3. The van der Waals surface area contributed by atoms with Crippen molar-refractivity contribution in [3.8, 4) is 22.5 Å². The minimum atomic E-state index is -1.21. The Kier molecular flexibility index (Phi) is 4.55. The highest BCUT2D eigenvalue weighted by Crippen LogP contribution is 2.72. The molecular formula is C37H36O3. The van der Waals surface area contributed by atoms with E-state index in [1.54, 1.807) is 7.11 Å². The van der Waals surface area contributed by atoms with Crippen LogP contribution in [0.4, 0.5) is 0 Å². The Morgan fingerprint density at radius 2 is 1.60 bits per heavy atom. The van der Waals surface area contributed by atoms with Gasteiger partial charge in [0.2, 0.25) is 0 Å². The second-order valence-corrected chi connectivity index (χ2v) is 13.4. The predicted molar refractivity (Wildman–Crippen MR) is 162 cm³/mol. The molecule has 40 heavy (non-hydrogen) atoms. The summed E-state index contributed by atoms with van der Waals surface area (Å²) in [7, 11) is 1.65. The van der Waals surface area contributed by atoms with Crippen LogP contribution in [0.3, 0.4) is 0 Å². The molecule has 0 radical (unpaired) electrons. The van der Waals surface area contributed by atoms with Crippen LogP contribution >= 0.6 is 0 Å². The van der Waals surface area contributed by atoms with Crippen LogP contribution in [0.5, 0.6) is 0 Å². The Morgan fingerprint density at radius 1 is 0.850 bits per heavy atom. The zero-order valence-electron chi connectivity index (χ0n) is 24.6. The van der Waals surface area contributed by atoms with Gasteiger partial charge in [0.15, 0.2) is 5.79 Å². The molecule has 0 spiro atoms. The molecule has 5 aromatic rings. The van der Waals surface area contributed by atoms with Crippen molar-refractivity contribution in [3.63, 3.8) is 0 Å². The highest BCUT2D eigenvalue weighted by molar-refractivity contribution is 6.04. The highest BCUT2D eigenvalue weighted by atomic mass is 16.6. The molecule has 0 saturated heterocycles. The molecule has 3 aliphatic rings. The van der Waals surface area contributed by atoms with Crippen molar-refractivity contribution in [1.82, 2.24) is 0 Å². The van der Waals surface area contributed by atoms with Crippen LogP contribution in [-0.4, -0.2) is 18.0 Å². The summed E-state index contributed by atoms with van der Waals surface area (Å²) in [6.45, 7) is 15.8. The third-order valence-corrected chi connectivity index (χ3v) is 10.3. The summed E-state index contributed by atoms with van der Waals surface area (Å²) >= 11 is 0. The normalized spacial score (nSPS) is 23.2. The van der Waals surface area contributed by atoms with Crippen LogP contribution in [0.15, 0.2) is 52.9 Å². The van der Waals surface area contributed by atoms with Gasteiger partial charge in [0.1, 0.15) is 11.3 Å².